The Morgan fingerprint density at radius 2 is 1.76 bits per heavy atom. The first-order chi connectivity index (χ1) is 11.8. The molecule has 0 aliphatic rings. The molecule has 130 valence electrons. The van der Waals surface area contributed by atoms with E-state index in [1.807, 2.05) is 56.3 Å². The second kappa shape index (κ2) is 7.96. The molecule has 2 rings (SSSR count). The van der Waals surface area contributed by atoms with Gasteiger partial charge in [0.25, 0.3) is 0 Å². The minimum atomic E-state index is -1.21. The number of nitriles is 1. The molecule has 0 aromatic heterocycles. The molecule has 4 nitrogen and oxygen atoms in total. The summed E-state index contributed by atoms with van der Waals surface area (Å²) >= 11 is 0. The van der Waals surface area contributed by atoms with Crippen LogP contribution in [0, 0.1) is 11.3 Å². The molecule has 0 aliphatic carbocycles. The van der Waals surface area contributed by atoms with Gasteiger partial charge in [0, 0.05) is 12.6 Å². The number of hydrogen-bond acceptors (Lipinski definition) is 3. The highest BCUT2D eigenvalue weighted by Gasteiger charge is 2.30. The summed E-state index contributed by atoms with van der Waals surface area (Å²) in [4.78, 5) is 14.6. The molecule has 2 aromatic rings. The van der Waals surface area contributed by atoms with Gasteiger partial charge in [0.2, 0.25) is 5.91 Å². The highest BCUT2D eigenvalue weighted by molar-refractivity contribution is 5.77. The van der Waals surface area contributed by atoms with Crippen LogP contribution < -0.4 is 0 Å². The number of carbonyl (C=O) groups is 1. The van der Waals surface area contributed by atoms with E-state index >= 15 is 0 Å². The van der Waals surface area contributed by atoms with E-state index in [1.54, 1.807) is 24.0 Å². The topological polar surface area (TPSA) is 64.3 Å². The molecule has 2 aromatic carbocycles. The molecule has 0 fully saturated rings. The van der Waals surface area contributed by atoms with Crippen molar-refractivity contribution in [1.82, 2.24) is 4.90 Å². The highest BCUT2D eigenvalue weighted by atomic mass is 16.3. The molecule has 1 unspecified atom stereocenters. The van der Waals surface area contributed by atoms with Gasteiger partial charge in [-0.3, -0.25) is 4.79 Å². The van der Waals surface area contributed by atoms with Crippen molar-refractivity contribution in [3.63, 3.8) is 0 Å². The predicted molar refractivity (Wildman–Crippen MR) is 97.5 cm³/mol. The van der Waals surface area contributed by atoms with Crippen LogP contribution in [0.3, 0.4) is 0 Å². The van der Waals surface area contributed by atoms with Gasteiger partial charge < -0.3 is 10.0 Å². The first kappa shape index (κ1) is 18.7. The van der Waals surface area contributed by atoms with Crippen LogP contribution in [0.2, 0.25) is 0 Å². The Hall–Kier alpha value is -2.64. The third-order valence-electron chi connectivity index (χ3n) is 4.27. The zero-order valence-electron chi connectivity index (χ0n) is 14.9. The Labute approximate surface area is 149 Å². The highest BCUT2D eigenvalue weighted by Crippen LogP contribution is 2.26. The average Bonchev–Trinajstić information content (AvgIpc) is 2.60. The molecule has 0 radical (unpaired) electrons. The van der Waals surface area contributed by atoms with E-state index in [4.69, 9.17) is 5.26 Å². The number of hydrogen-bond donors (Lipinski definition) is 1. The smallest absolute Gasteiger partial charge is 0.226 e. The van der Waals surface area contributed by atoms with Crippen LogP contribution >= 0.6 is 0 Å². The number of carbonyl (C=O) groups excluding carboxylic acids is 1. The first-order valence-corrected chi connectivity index (χ1v) is 8.40. The van der Waals surface area contributed by atoms with Gasteiger partial charge in [-0.05, 0) is 44.0 Å². The van der Waals surface area contributed by atoms with Gasteiger partial charge in [-0.15, -0.1) is 0 Å². The van der Waals surface area contributed by atoms with E-state index in [1.165, 1.54) is 0 Å². The molecule has 0 bridgehead atoms. The van der Waals surface area contributed by atoms with Crippen molar-refractivity contribution >= 4 is 5.91 Å². The Morgan fingerprint density at radius 3 is 2.28 bits per heavy atom. The minimum absolute atomic E-state index is 0.00900. The van der Waals surface area contributed by atoms with Crippen molar-refractivity contribution in [3.05, 3.63) is 71.3 Å². The maximum atomic E-state index is 12.8. The van der Waals surface area contributed by atoms with Crippen LogP contribution in [-0.4, -0.2) is 22.0 Å². The van der Waals surface area contributed by atoms with Crippen molar-refractivity contribution in [2.24, 2.45) is 0 Å². The lowest BCUT2D eigenvalue weighted by Crippen LogP contribution is -2.40. The molecule has 0 saturated carbocycles. The van der Waals surface area contributed by atoms with Crippen LogP contribution in [0.5, 0.6) is 0 Å². The standard InChI is InChI=1S/C21H24N2O2/c1-16(2)23(15-18-11-9-17(14-22)10-12-18)20(24)13-21(3,25)19-7-5-4-6-8-19/h4-12,16,25H,13,15H2,1-3H3. The van der Waals surface area contributed by atoms with Crippen LogP contribution in [0.25, 0.3) is 0 Å². The zero-order chi connectivity index (χ0) is 18.4. The Bertz CT molecular complexity index is 744. The molecular formula is C21H24N2O2. The summed E-state index contributed by atoms with van der Waals surface area (Å²) in [6, 6.07) is 18.6. The van der Waals surface area contributed by atoms with Crippen LogP contribution in [0.1, 0.15) is 43.9 Å². The number of amides is 1. The second-order valence-corrected chi connectivity index (χ2v) is 6.74. The Balaban J connectivity index is 2.13. The third-order valence-corrected chi connectivity index (χ3v) is 4.27. The minimum Gasteiger partial charge on any atom is -0.385 e. The normalized spacial score (nSPS) is 13.1. The third kappa shape index (κ3) is 4.91. The molecule has 4 heteroatoms. The number of nitrogens with zero attached hydrogens (tertiary/aromatic N) is 2. The maximum Gasteiger partial charge on any atom is 0.226 e. The van der Waals surface area contributed by atoms with Gasteiger partial charge in [-0.25, -0.2) is 0 Å². The lowest BCUT2D eigenvalue weighted by atomic mass is 9.91. The summed E-state index contributed by atoms with van der Waals surface area (Å²) in [6.45, 7) is 6.03. The summed E-state index contributed by atoms with van der Waals surface area (Å²) in [6.07, 6.45) is 0.0193. The molecule has 0 heterocycles. The predicted octanol–water partition coefficient (Wildman–Crippen LogP) is 3.59. The summed E-state index contributed by atoms with van der Waals surface area (Å²) in [5, 5.41) is 19.6. The van der Waals surface area contributed by atoms with Crippen molar-refractivity contribution in [2.45, 2.75) is 45.4 Å². The van der Waals surface area contributed by atoms with Crippen LogP contribution in [0.15, 0.2) is 54.6 Å². The van der Waals surface area contributed by atoms with E-state index in [0.717, 1.165) is 11.1 Å². The van der Waals surface area contributed by atoms with E-state index in [-0.39, 0.29) is 18.4 Å². The molecule has 1 atom stereocenters. The fourth-order valence-electron chi connectivity index (χ4n) is 2.74. The first-order valence-electron chi connectivity index (χ1n) is 8.40. The van der Waals surface area contributed by atoms with Gasteiger partial charge in [0.1, 0.15) is 0 Å². The van der Waals surface area contributed by atoms with Crippen LogP contribution in [0.4, 0.5) is 0 Å². The zero-order valence-corrected chi connectivity index (χ0v) is 14.9. The molecule has 0 aliphatic heterocycles. The molecule has 0 spiro atoms. The fourth-order valence-corrected chi connectivity index (χ4v) is 2.74. The quantitative estimate of drug-likeness (QED) is 0.877. The molecule has 1 N–H and O–H groups in total. The lowest BCUT2D eigenvalue weighted by Gasteiger charge is -2.31. The SMILES string of the molecule is CC(C)N(Cc1ccc(C#N)cc1)C(=O)CC(C)(O)c1ccccc1. The van der Waals surface area contributed by atoms with Gasteiger partial charge in [-0.1, -0.05) is 42.5 Å². The molecule has 1 amide bonds. The summed E-state index contributed by atoms with van der Waals surface area (Å²) in [5.74, 6) is -0.104. The number of aliphatic hydroxyl groups is 1. The van der Waals surface area contributed by atoms with Crippen molar-refractivity contribution in [1.29, 1.82) is 5.26 Å². The van der Waals surface area contributed by atoms with E-state index < -0.39 is 5.60 Å². The van der Waals surface area contributed by atoms with E-state index in [2.05, 4.69) is 6.07 Å². The van der Waals surface area contributed by atoms with Crippen LogP contribution in [-0.2, 0) is 16.9 Å². The molecular weight excluding hydrogens is 312 g/mol. The van der Waals surface area contributed by atoms with Crippen molar-refractivity contribution in [2.75, 3.05) is 0 Å². The van der Waals surface area contributed by atoms with Crippen molar-refractivity contribution in [3.8, 4) is 6.07 Å². The molecule has 0 saturated heterocycles. The Kier molecular flexibility index (Phi) is 5.95. The van der Waals surface area contributed by atoms with E-state index in [9.17, 15) is 9.90 Å². The summed E-state index contributed by atoms with van der Waals surface area (Å²) in [7, 11) is 0. The average molecular weight is 336 g/mol. The number of benzene rings is 2. The number of rotatable bonds is 6. The second-order valence-electron chi connectivity index (χ2n) is 6.74. The summed E-state index contributed by atoms with van der Waals surface area (Å²) < 4.78 is 0. The Morgan fingerprint density at radius 1 is 1.16 bits per heavy atom. The van der Waals surface area contributed by atoms with Gasteiger partial charge >= 0.3 is 0 Å². The van der Waals surface area contributed by atoms with Gasteiger partial charge in [-0.2, -0.15) is 5.26 Å². The van der Waals surface area contributed by atoms with Gasteiger partial charge in [0.05, 0.1) is 23.7 Å². The lowest BCUT2D eigenvalue weighted by molar-refractivity contribution is -0.138. The molecule has 25 heavy (non-hydrogen) atoms. The van der Waals surface area contributed by atoms with Crippen molar-refractivity contribution < 1.29 is 9.90 Å². The fraction of sp³-hybridized carbons (Fsp3) is 0.333. The summed E-state index contributed by atoms with van der Waals surface area (Å²) in [5.41, 5.74) is 1.07. The monoisotopic (exact) mass is 336 g/mol. The van der Waals surface area contributed by atoms with Gasteiger partial charge in [0.15, 0.2) is 0 Å². The largest absolute Gasteiger partial charge is 0.385 e. The maximum absolute atomic E-state index is 12.8. The van der Waals surface area contributed by atoms with E-state index in [0.29, 0.717) is 12.1 Å².